The predicted molar refractivity (Wildman–Crippen MR) is 77.9 cm³/mol. The number of nitrogens with one attached hydrogen (secondary N) is 1. The van der Waals surface area contributed by atoms with E-state index in [0.29, 0.717) is 12.1 Å². The van der Waals surface area contributed by atoms with Crippen LogP contribution in [0.2, 0.25) is 0 Å². The molecule has 0 fully saturated rings. The number of benzene rings is 1. The van der Waals surface area contributed by atoms with Crippen LogP contribution in [-0.4, -0.2) is 18.8 Å². The van der Waals surface area contributed by atoms with Gasteiger partial charge in [-0.15, -0.1) is 0 Å². The molecular formula is C16H27NO. The lowest BCUT2D eigenvalue weighted by atomic mass is 9.98. The highest BCUT2D eigenvalue weighted by molar-refractivity contribution is 5.24. The molecule has 0 aliphatic heterocycles. The molecule has 2 heteroatoms. The van der Waals surface area contributed by atoms with Crippen LogP contribution < -0.4 is 5.32 Å². The molecule has 0 aliphatic rings. The van der Waals surface area contributed by atoms with Gasteiger partial charge in [-0.25, -0.2) is 0 Å². The Balaban J connectivity index is 2.57. The van der Waals surface area contributed by atoms with Crippen molar-refractivity contribution in [2.45, 2.75) is 58.7 Å². The molecule has 2 atom stereocenters. The van der Waals surface area contributed by atoms with E-state index in [1.165, 1.54) is 11.1 Å². The van der Waals surface area contributed by atoms with E-state index in [1.54, 1.807) is 7.11 Å². The third-order valence-electron chi connectivity index (χ3n) is 3.43. The van der Waals surface area contributed by atoms with E-state index >= 15 is 0 Å². The zero-order chi connectivity index (χ0) is 13.8. The molecule has 0 saturated carbocycles. The van der Waals surface area contributed by atoms with Crippen molar-refractivity contribution >= 4 is 0 Å². The minimum atomic E-state index is -0.0707. The van der Waals surface area contributed by atoms with E-state index in [2.05, 4.69) is 64.2 Å². The lowest BCUT2D eigenvalue weighted by molar-refractivity contribution is 0.00782. The molecule has 0 heterocycles. The van der Waals surface area contributed by atoms with Gasteiger partial charge in [0.15, 0.2) is 0 Å². The fraction of sp³-hybridized carbons (Fsp3) is 0.625. The average molecular weight is 249 g/mol. The number of ether oxygens (including phenoxy) is 1. The number of rotatable bonds is 6. The SMILES string of the molecule is COC(C)(C)CC(C)N[C@@H](C)c1cccc(C)c1. The second-order valence-electron chi connectivity index (χ2n) is 5.87. The predicted octanol–water partition coefficient (Wildman–Crippen LogP) is 3.85. The topological polar surface area (TPSA) is 21.3 Å². The van der Waals surface area contributed by atoms with Crippen molar-refractivity contribution in [3.63, 3.8) is 0 Å². The maximum absolute atomic E-state index is 5.47. The molecule has 0 amide bonds. The monoisotopic (exact) mass is 249 g/mol. The Morgan fingerprint density at radius 1 is 1.28 bits per heavy atom. The summed E-state index contributed by atoms with van der Waals surface area (Å²) >= 11 is 0. The Labute approximate surface area is 112 Å². The molecule has 0 bridgehead atoms. The van der Waals surface area contributed by atoms with Crippen LogP contribution in [0.1, 0.15) is 51.3 Å². The summed E-state index contributed by atoms with van der Waals surface area (Å²) in [7, 11) is 1.77. The molecule has 1 unspecified atom stereocenters. The third-order valence-corrected chi connectivity index (χ3v) is 3.43. The molecule has 102 valence electrons. The van der Waals surface area contributed by atoms with E-state index in [9.17, 15) is 0 Å². The quantitative estimate of drug-likeness (QED) is 0.827. The number of methoxy groups -OCH3 is 1. The zero-order valence-electron chi connectivity index (χ0n) is 12.6. The number of aryl methyl sites for hydroxylation is 1. The molecule has 1 aromatic rings. The smallest absolute Gasteiger partial charge is 0.0637 e. The van der Waals surface area contributed by atoms with Gasteiger partial charge in [-0.1, -0.05) is 29.8 Å². The largest absolute Gasteiger partial charge is 0.379 e. The van der Waals surface area contributed by atoms with E-state index in [0.717, 1.165) is 6.42 Å². The fourth-order valence-corrected chi connectivity index (χ4v) is 2.34. The Bertz CT molecular complexity index is 373. The maximum Gasteiger partial charge on any atom is 0.0637 e. The van der Waals surface area contributed by atoms with Gasteiger partial charge in [0.1, 0.15) is 0 Å². The Morgan fingerprint density at radius 3 is 2.50 bits per heavy atom. The lowest BCUT2D eigenvalue weighted by Crippen LogP contribution is -2.36. The second kappa shape index (κ2) is 6.35. The Kier molecular flexibility index (Phi) is 5.36. The van der Waals surface area contributed by atoms with Gasteiger partial charge in [-0.05, 0) is 46.6 Å². The number of hydrogen-bond acceptors (Lipinski definition) is 2. The highest BCUT2D eigenvalue weighted by Gasteiger charge is 2.21. The van der Waals surface area contributed by atoms with Gasteiger partial charge in [0, 0.05) is 19.2 Å². The zero-order valence-corrected chi connectivity index (χ0v) is 12.6. The lowest BCUT2D eigenvalue weighted by Gasteiger charge is -2.29. The van der Waals surface area contributed by atoms with Crippen LogP contribution in [0.4, 0.5) is 0 Å². The van der Waals surface area contributed by atoms with Gasteiger partial charge in [0.05, 0.1) is 5.60 Å². The van der Waals surface area contributed by atoms with E-state index in [1.807, 2.05) is 0 Å². The van der Waals surface area contributed by atoms with Crippen molar-refractivity contribution in [1.29, 1.82) is 0 Å². The first kappa shape index (κ1) is 15.2. The van der Waals surface area contributed by atoms with Gasteiger partial charge >= 0.3 is 0 Å². The summed E-state index contributed by atoms with van der Waals surface area (Å²) in [5.41, 5.74) is 2.58. The van der Waals surface area contributed by atoms with Gasteiger partial charge in [-0.3, -0.25) is 0 Å². The van der Waals surface area contributed by atoms with Crippen molar-refractivity contribution in [3.8, 4) is 0 Å². The van der Waals surface area contributed by atoms with Gasteiger partial charge in [0.2, 0.25) is 0 Å². The van der Waals surface area contributed by atoms with Gasteiger partial charge in [-0.2, -0.15) is 0 Å². The van der Waals surface area contributed by atoms with Crippen LogP contribution in [0.3, 0.4) is 0 Å². The molecule has 1 aromatic carbocycles. The first-order valence-corrected chi connectivity index (χ1v) is 6.72. The summed E-state index contributed by atoms with van der Waals surface area (Å²) in [5.74, 6) is 0. The summed E-state index contributed by atoms with van der Waals surface area (Å²) in [6.07, 6.45) is 1.000. The van der Waals surface area contributed by atoms with Crippen molar-refractivity contribution in [1.82, 2.24) is 5.32 Å². The standard InChI is InChI=1S/C16H27NO/c1-12-8-7-9-15(10-12)14(3)17-13(2)11-16(4,5)18-6/h7-10,13-14,17H,11H2,1-6H3/t13?,14-/m0/s1. The third kappa shape index (κ3) is 4.79. The normalized spacial score (nSPS) is 15.4. The molecule has 18 heavy (non-hydrogen) atoms. The molecule has 0 aromatic heterocycles. The van der Waals surface area contributed by atoms with Crippen LogP contribution in [-0.2, 0) is 4.74 Å². The van der Waals surface area contributed by atoms with Crippen molar-refractivity contribution in [2.75, 3.05) is 7.11 Å². The van der Waals surface area contributed by atoms with Crippen LogP contribution >= 0.6 is 0 Å². The van der Waals surface area contributed by atoms with E-state index < -0.39 is 0 Å². The van der Waals surface area contributed by atoms with E-state index in [-0.39, 0.29) is 5.60 Å². The molecule has 0 radical (unpaired) electrons. The van der Waals surface area contributed by atoms with E-state index in [4.69, 9.17) is 4.74 Å². The van der Waals surface area contributed by atoms with Crippen molar-refractivity contribution < 1.29 is 4.74 Å². The molecule has 0 saturated heterocycles. The highest BCUT2D eigenvalue weighted by atomic mass is 16.5. The van der Waals surface area contributed by atoms with Crippen LogP contribution in [0, 0.1) is 6.92 Å². The Morgan fingerprint density at radius 2 is 1.94 bits per heavy atom. The molecule has 0 spiro atoms. The maximum atomic E-state index is 5.47. The Hall–Kier alpha value is -0.860. The first-order valence-electron chi connectivity index (χ1n) is 6.72. The summed E-state index contributed by atoms with van der Waals surface area (Å²) in [5, 5.41) is 3.63. The average Bonchev–Trinajstić information content (AvgIpc) is 2.28. The molecule has 0 aliphatic carbocycles. The number of hydrogen-bond donors (Lipinski definition) is 1. The summed E-state index contributed by atoms with van der Waals surface area (Å²) in [6, 6.07) is 9.47. The first-order chi connectivity index (χ1) is 8.34. The molecular weight excluding hydrogens is 222 g/mol. The fourth-order valence-electron chi connectivity index (χ4n) is 2.34. The summed E-state index contributed by atoms with van der Waals surface area (Å²) < 4.78 is 5.47. The minimum Gasteiger partial charge on any atom is -0.379 e. The van der Waals surface area contributed by atoms with Crippen LogP contribution in [0.5, 0.6) is 0 Å². The van der Waals surface area contributed by atoms with Gasteiger partial charge in [0.25, 0.3) is 0 Å². The molecule has 1 N–H and O–H groups in total. The second-order valence-corrected chi connectivity index (χ2v) is 5.87. The van der Waals surface area contributed by atoms with Crippen LogP contribution in [0.25, 0.3) is 0 Å². The molecule has 2 nitrogen and oxygen atoms in total. The molecule has 1 rings (SSSR count). The van der Waals surface area contributed by atoms with Crippen molar-refractivity contribution in [3.05, 3.63) is 35.4 Å². The highest BCUT2D eigenvalue weighted by Crippen LogP contribution is 2.19. The summed E-state index contributed by atoms with van der Waals surface area (Å²) in [4.78, 5) is 0. The summed E-state index contributed by atoms with van der Waals surface area (Å²) in [6.45, 7) is 10.8. The van der Waals surface area contributed by atoms with Gasteiger partial charge < -0.3 is 10.1 Å². The van der Waals surface area contributed by atoms with Crippen molar-refractivity contribution in [2.24, 2.45) is 0 Å². The minimum absolute atomic E-state index is 0.0707. The van der Waals surface area contributed by atoms with Crippen LogP contribution in [0.15, 0.2) is 24.3 Å².